The Morgan fingerprint density at radius 2 is 1.38 bits per heavy atom. The van der Waals surface area contributed by atoms with Gasteiger partial charge in [0.25, 0.3) is 0 Å². The van der Waals surface area contributed by atoms with E-state index in [0.717, 1.165) is 19.3 Å². The van der Waals surface area contributed by atoms with Gasteiger partial charge >= 0.3 is 0 Å². The fourth-order valence-corrected chi connectivity index (χ4v) is 0.795. The zero-order valence-corrected chi connectivity index (χ0v) is 8.02. The SMILES string of the molecule is [CH]=CCC=CCC=CCC=CC=C. The molecule has 0 aliphatic rings. The van der Waals surface area contributed by atoms with Gasteiger partial charge in [0.15, 0.2) is 0 Å². The summed E-state index contributed by atoms with van der Waals surface area (Å²) in [5.41, 5.74) is 0. The minimum absolute atomic E-state index is 0.851. The summed E-state index contributed by atoms with van der Waals surface area (Å²) in [7, 11) is 0. The van der Waals surface area contributed by atoms with Crippen molar-refractivity contribution in [3.63, 3.8) is 0 Å². The first kappa shape index (κ1) is 11.7. The zero-order valence-electron chi connectivity index (χ0n) is 8.02. The van der Waals surface area contributed by atoms with Crippen LogP contribution in [0.2, 0.25) is 0 Å². The number of rotatable bonds is 7. The molecule has 0 unspecified atom stereocenters. The molecular formula is C13H17. The van der Waals surface area contributed by atoms with Crippen LogP contribution < -0.4 is 0 Å². The summed E-state index contributed by atoms with van der Waals surface area (Å²) < 4.78 is 0. The van der Waals surface area contributed by atoms with Crippen molar-refractivity contribution >= 4 is 0 Å². The molecule has 0 aromatic carbocycles. The number of allylic oxidation sites excluding steroid dienone is 8. The van der Waals surface area contributed by atoms with Crippen molar-refractivity contribution in [1.29, 1.82) is 0 Å². The fourth-order valence-electron chi connectivity index (χ4n) is 0.795. The van der Waals surface area contributed by atoms with E-state index in [9.17, 15) is 0 Å². The normalized spacial score (nSPS) is 11.7. The first-order valence-electron chi connectivity index (χ1n) is 4.52. The highest BCUT2D eigenvalue weighted by molar-refractivity contribution is 5.02. The minimum Gasteiger partial charge on any atom is -0.0991 e. The summed E-state index contributed by atoms with van der Waals surface area (Å²) in [6, 6.07) is 0. The lowest BCUT2D eigenvalue weighted by molar-refractivity contribution is 1.28. The van der Waals surface area contributed by atoms with Gasteiger partial charge in [0, 0.05) is 0 Å². The van der Waals surface area contributed by atoms with Crippen molar-refractivity contribution in [1.82, 2.24) is 0 Å². The van der Waals surface area contributed by atoms with Crippen LogP contribution in [0, 0.1) is 6.58 Å². The third kappa shape index (κ3) is 10.7. The first-order valence-corrected chi connectivity index (χ1v) is 4.52. The molecule has 0 nitrogen and oxygen atoms in total. The molecule has 0 aliphatic carbocycles. The van der Waals surface area contributed by atoms with E-state index in [1.54, 1.807) is 12.2 Å². The Morgan fingerprint density at radius 1 is 0.846 bits per heavy atom. The quantitative estimate of drug-likeness (QED) is 0.403. The Hall–Kier alpha value is -1.30. The molecule has 0 aromatic heterocycles. The highest BCUT2D eigenvalue weighted by atomic mass is 13.8. The molecule has 0 N–H and O–H groups in total. The van der Waals surface area contributed by atoms with Crippen molar-refractivity contribution in [3.05, 3.63) is 61.8 Å². The lowest BCUT2D eigenvalue weighted by Gasteiger charge is -1.82. The minimum atomic E-state index is 0.851. The van der Waals surface area contributed by atoms with Gasteiger partial charge in [-0.2, -0.15) is 0 Å². The maximum atomic E-state index is 5.21. The molecule has 0 saturated carbocycles. The highest BCUT2D eigenvalue weighted by Gasteiger charge is 1.71. The molecule has 0 aliphatic heterocycles. The second kappa shape index (κ2) is 10.7. The molecule has 0 saturated heterocycles. The van der Waals surface area contributed by atoms with Gasteiger partial charge in [-0.15, -0.1) is 0 Å². The van der Waals surface area contributed by atoms with Gasteiger partial charge in [0.05, 0.1) is 0 Å². The van der Waals surface area contributed by atoms with Crippen LogP contribution in [0.25, 0.3) is 0 Å². The molecular weight excluding hydrogens is 156 g/mol. The summed E-state index contributed by atoms with van der Waals surface area (Å²) >= 11 is 0. The molecule has 0 bridgehead atoms. The second-order valence-corrected chi connectivity index (χ2v) is 2.55. The third-order valence-corrected chi connectivity index (χ3v) is 1.42. The molecule has 0 spiro atoms. The van der Waals surface area contributed by atoms with Crippen LogP contribution in [0.5, 0.6) is 0 Å². The van der Waals surface area contributed by atoms with Crippen molar-refractivity contribution in [2.24, 2.45) is 0 Å². The van der Waals surface area contributed by atoms with Crippen molar-refractivity contribution in [2.45, 2.75) is 19.3 Å². The smallest absolute Gasteiger partial charge is 0.0166 e. The van der Waals surface area contributed by atoms with Crippen LogP contribution in [0.1, 0.15) is 19.3 Å². The second-order valence-electron chi connectivity index (χ2n) is 2.55. The lowest BCUT2D eigenvalue weighted by atomic mass is 10.2. The van der Waals surface area contributed by atoms with Crippen LogP contribution >= 0.6 is 0 Å². The Labute approximate surface area is 81.7 Å². The van der Waals surface area contributed by atoms with Crippen LogP contribution in [-0.4, -0.2) is 0 Å². The monoisotopic (exact) mass is 173 g/mol. The summed E-state index contributed by atoms with van der Waals surface area (Å²) in [6.45, 7) is 8.80. The molecule has 0 fully saturated rings. The van der Waals surface area contributed by atoms with Gasteiger partial charge < -0.3 is 0 Å². The molecule has 0 heteroatoms. The standard InChI is InChI=1S/C13H17/c1-3-5-7-9-11-13-12-10-8-6-4-2/h1,3-4,6-9,12-13H,2,5,10-11H2. The predicted octanol–water partition coefficient (Wildman–Crippen LogP) is 4.00. The van der Waals surface area contributed by atoms with E-state index >= 15 is 0 Å². The average molecular weight is 173 g/mol. The number of hydrogen-bond donors (Lipinski definition) is 0. The van der Waals surface area contributed by atoms with Gasteiger partial charge in [-0.25, -0.2) is 0 Å². The Bertz CT molecular complexity index is 204. The average Bonchev–Trinajstić information content (AvgIpc) is 2.16. The predicted molar refractivity (Wildman–Crippen MR) is 60.3 cm³/mol. The van der Waals surface area contributed by atoms with Crippen LogP contribution in [0.4, 0.5) is 0 Å². The van der Waals surface area contributed by atoms with Crippen LogP contribution in [0.3, 0.4) is 0 Å². The van der Waals surface area contributed by atoms with Gasteiger partial charge in [-0.1, -0.05) is 61.8 Å². The van der Waals surface area contributed by atoms with Gasteiger partial charge in [0.1, 0.15) is 0 Å². The molecule has 0 amide bonds. The van der Waals surface area contributed by atoms with Crippen molar-refractivity contribution < 1.29 is 0 Å². The van der Waals surface area contributed by atoms with Crippen LogP contribution in [0.15, 0.2) is 55.2 Å². The largest absolute Gasteiger partial charge is 0.0991 e. The van der Waals surface area contributed by atoms with E-state index in [-0.39, 0.29) is 0 Å². The molecule has 0 rings (SSSR count). The van der Waals surface area contributed by atoms with E-state index in [1.165, 1.54) is 0 Å². The molecule has 1 radical (unpaired) electrons. The van der Waals surface area contributed by atoms with Crippen molar-refractivity contribution in [3.8, 4) is 0 Å². The summed E-state index contributed by atoms with van der Waals surface area (Å²) in [6.07, 6.45) is 18.7. The van der Waals surface area contributed by atoms with Crippen molar-refractivity contribution in [2.75, 3.05) is 0 Å². The Kier molecular flexibility index (Phi) is 9.63. The van der Waals surface area contributed by atoms with E-state index in [4.69, 9.17) is 6.58 Å². The maximum absolute atomic E-state index is 5.21. The summed E-state index contributed by atoms with van der Waals surface area (Å²) in [4.78, 5) is 0. The van der Waals surface area contributed by atoms with E-state index in [1.807, 2.05) is 6.08 Å². The van der Waals surface area contributed by atoms with E-state index in [0.29, 0.717) is 0 Å². The third-order valence-electron chi connectivity index (χ3n) is 1.42. The van der Waals surface area contributed by atoms with Crippen LogP contribution in [-0.2, 0) is 0 Å². The van der Waals surface area contributed by atoms with Gasteiger partial charge in [-0.05, 0) is 19.3 Å². The number of hydrogen-bond acceptors (Lipinski definition) is 0. The molecule has 69 valence electrons. The van der Waals surface area contributed by atoms with Gasteiger partial charge in [-0.3, -0.25) is 0 Å². The highest BCUT2D eigenvalue weighted by Crippen LogP contribution is 1.92. The lowest BCUT2D eigenvalue weighted by Crippen LogP contribution is -1.61. The summed E-state index contributed by atoms with van der Waals surface area (Å²) in [5.74, 6) is 0. The van der Waals surface area contributed by atoms with E-state index < -0.39 is 0 Å². The molecule has 13 heavy (non-hydrogen) atoms. The Balaban J connectivity index is 3.35. The zero-order chi connectivity index (χ0) is 9.78. The Morgan fingerprint density at radius 3 is 1.92 bits per heavy atom. The molecule has 0 heterocycles. The first-order chi connectivity index (χ1) is 6.41. The van der Waals surface area contributed by atoms with Gasteiger partial charge in [0.2, 0.25) is 0 Å². The molecule has 0 atom stereocenters. The van der Waals surface area contributed by atoms with E-state index in [2.05, 4.69) is 37.0 Å². The molecule has 0 aromatic rings. The topological polar surface area (TPSA) is 0 Å². The fraction of sp³-hybridized carbons (Fsp3) is 0.231. The summed E-state index contributed by atoms with van der Waals surface area (Å²) in [5, 5.41) is 0. The maximum Gasteiger partial charge on any atom is -0.0166 e.